The minimum Gasteiger partial charge on any atom is -0.470 e. The van der Waals surface area contributed by atoms with Crippen LogP contribution in [0, 0.1) is 6.92 Å². The Morgan fingerprint density at radius 1 is 1.30 bits per heavy atom. The van der Waals surface area contributed by atoms with E-state index in [0.717, 1.165) is 5.69 Å². The van der Waals surface area contributed by atoms with Crippen LogP contribution >= 0.6 is 0 Å². The largest absolute Gasteiger partial charge is 0.470 e. The van der Waals surface area contributed by atoms with E-state index in [1.807, 2.05) is 6.92 Å². The molecule has 20 heavy (non-hydrogen) atoms. The molecule has 0 spiro atoms. The highest BCUT2D eigenvalue weighted by atomic mass is 16.5. The van der Waals surface area contributed by atoms with Gasteiger partial charge in [0.2, 0.25) is 5.88 Å². The molecule has 0 radical (unpaired) electrons. The Bertz CT molecular complexity index is 592. The molecule has 0 unspecified atom stereocenters. The smallest absolute Gasteiger partial charge is 0.341 e. The Morgan fingerprint density at radius 2 is 2.10 bits per heavy atom. The number of carbonyl (C=O) groups excluding carboxylic acids is 1. The first-order chi connectivity index (χ1) is 9.61. The molecule has 0 aliphatic heterocycles. The normalized spacial score (nSPS) is 10.3. The van der Waals surface area contributed by atoms with E-state index in [1.54, 1.807) is 24.9 Å². The van der Waals surface area contributed by atoms with E-state index in [0.29, 0.717) is 23.7 Å². The van der Waals surface area contributed by atoms with Crippen molar-refractivity contribution in [3.05, 3.63) is 35.5 Å². The molecule has 0 N–H and O–H groups in total. The first-order valence-corrected chi connectivity index (χ1v) is 6.21. The summed E-state index contributed by atoms with van der Waals surface area (Å²) in [5.41, 5.74) is 1.84. The predicted octanol–water partition coefficient (Wildman–Crippen LogP) is 1.27. The van der Waals surface area contributed by atoms with Gasteiger partial charge in [-0.15, -0.1) is 0 Å². The number of rotatable bonds is 5. The van der Waals surface area contributed by atoms with Gasteiger partial charge in [-0.25, -0.2) is 9.78 Å². The first kappa shape index (κ1) is 14.0. The van der Waals surface area contributed by atoms with E-state index in [2.05, 4.69) is 15.1 Å². The summed E-state index contributed by atoms with van der Waals surface area (Å²) in [6, 6.07) is 0. The molecule has 0 aliphatic carbocycles. The van der Waals surface area contributed by atoms with E-state index in [1.165, 1.54) is 12.4 Å². The third-order valence-electron chi connectivity index (χ3n) is 2.67. The van der Waals surface area contributed by atoms with E-state index < -0.39 is 5.97 Å². The van der Waals surface area contributed by atoms with Crippen molar-refractivity contribution >= 4 is 5.97 Å². The van der Waals surface area contributed by atoms with Crippen molar-refractivity contribution in [2.75, 3.05) is 6.61 Å². The summed E-state index contributed by atoms with van der Waals surface area (Å²) < 4.78 is 12.1. The second-order valence-electron chi connectivity index (χ2n) is 4.13. The fourth-order valence-electron chi connectivity index (χ4n) is 1.61. The fraction of sp³-hybridized carbons (Fsp3) is 0.385. The van der Waals surface area contributed by atoms with Crippen LogP contribution in [0.3, 0.4) is 0 Å². The molecule has 2 aromatic heterocycles. The SMILES string of the molecule is CCOC(=O)c1cnn(C)c1COc1cnc(C)cn1. The topological polar surface area (TPSA) is 79.1 Å². The Labute approximate surface area is 116 Å². The van der Waals surface area contributed by atoms with Crippen molar-refractivity contribution in [1.29, 1.82) is 0 Å². The van der Waals surface area contributed by atoms with Crippen molar-refractivity contribution < 1.29 is 14.3 Å². The van der Waals surface area contributed by atoms with Crippen LogP contribution in [-0.2, 0) is 18.4 Å². The number of hydrogen-bond donors (Lipinski definition) is 0. The zero-order valence-corrected chi connectivity index (χ0v) is 11.7. The number of aromatic nitrogens is 4. The molecule has 0 fully saturated rings. The van der Waals surface area contributed by atoms with Gasteiger partial charge in [0.25, 0.3) is 0 Å². The van der Waals surface area contributed by atoms with Crippen LogP contribution in [0.2, 0.25) is 0 Å². The van der Waals surface area contributed by atoms with Crippen LogP contribution in [0.5, 0.6) is 5.88 Å². The molecular weight excluding hydrogens is 260 g/mol. The average Bonchev–Trinajstić information content (AvgIpc) is 2.80. The van der Waals surface area contributed by atoms with E-state index in [-0.39, 0.29) is 6.61 Å². The highest BCUT2D eigenvalue weighted by molar-refractivity contribution is 5.90. The highest BCUT2D eigenvalue weighted by Gasteiger charge is 2.17. The second kappa shape index (κ2) is 6.14. The van der Waals surface area contributed by atoms with Crippen molar-refractivity contribution in [2.24, 2.45) is 7.05 Å². The van der Waals surface area contributed by atoms with Gasteiger partial charge in [-0.2, -0.15) is 5.10 Å². The molecule has 0 atom stereocenters. The lowest BCUT2D eigenvalue weighted by Gasteiger charge is -2.07. The predicted molar refractivity (Wildman–Crippen MR) is 70.3 cm³/mol. The van der Waals surface area contributed by atoms with Crippen LogP contribution in [0.1, 0.15) is 28.7 Å². The van der Waals surface area contributed by atoms with Crippen LogP contribution in [0.25, 0.3) is 0 Å². The van der Waals surface area contributed by atoms with Gasteiger partial charge in [-0.3, -0.25) is 9.67 Å². The van der Waals surface area contributed by atoms with Crippen LogP contribution in [0.4, 0.5) is 0 Å². The van der Waals surface area contributed by atoms with Gasteiger partial charge in [-0.1, -0.05) is 0 Å². The summed E-state index contributed by atoms with van der Waals surface area (Å²) in [4.78, 5) is 20.0. The molecule has 7 heteroatoms. The van der Waals surface area contributed by atoms with Gasteiger partial charge >= 0.3 is 5.97 Å². The Morgan fingerprint density at radius 3 is 2.75 bits per heavy atom. The zero-order valence-electron chi connectivity index (χ0n) is 11.7. The van der Waals surface area contributed by atoms with Crippen molar-refractivity contribution in [2.45, 2.75) is 20.5 Å². The molecule has 0 saturated heterocycles. The molecule has 2 aromatic rings. The summed E-state index contributed by atoms with van der Waals surface area (Å²) in [7, 11) is 1.74. The molecule has 106 valence electrons. The number of carbonyl (C=O) groups is 1. The second-order valence-corrected chi connectivity index (χ2v) is 4.13. The van der Waals surface area contributed by atoms with Crippen molar-refractivity contribution in [3.63, 3.8) is 0 Å². The van der Waals surface area contributed by atoms with Gasteiger partial charge < -0.3 is 9.47 Å². The fourth-order valence-corrected chi connectivity index (χ4v) is 1.61. The van der Waals surface area contributed by atoms with Gasteiger partial charge in [0.15, 0.2) is 0 Å². The number of esters is 1. The average molecular weight is 276 g/mol. The maximum Gasteiger partial charge on any atom is 0.341 e. The van der Waals surface area contributed by atoms with Gasteiger partial charge in [0, 0.05) is 7.05 Å². The molecule has 0 bridgehead atoms. The molecule has 0 aliphatic rings. The number of aryl methyl sites for hydroxylation is 2. The molecular formula is C13H16N4O3. The standard InChI is InChI=1S/C13H16N4O3/c1-4-19-13(18)10-6-16-17(3)11(10)8-20-12-7-14-9(2)5-15-12/h5-7H,4,8H2,1-3H3. The molecule has 0 saturated carbocycles. The lowest BCUT2D eigenvalue weighted by Crippen LogP contribution is -2.11. The Balaban J connectivity index is 2.11. The summed E-state index contributed by atoms with van der Waals surface area (Å²) in [6.07, 6.45) is 4.62. The van der Waals surface area contributed by atoms with Crippen LogP contribution < -0.4 is 4.74 Å². The summed E-state index contributed by atoms with van der Waals surface area (Å²) in [5.74, 6) is -0.0131. The zero-order chi connectivity index (χ0) is 14.5. The lowest BCUT2D eigenvalue weighted by atomic mass is 10.2. The van der Waals surface area contributed by atoms with E-state index >= 15 is 0 Å². The number of hydrogen-bond acceptors (Lipinski definition) is 6. The Hall–Kier alpha value is -2.44. The maximum absolute atomic E-state index is 11.8. The number of ether oxygens (including phenoxy) is 2. The monoisotopic (exact) mass is 276 g/mol. The lowest BCUT2D eigenvalue weighted by molar-refractivity contribution is 0.0523. The quantitative estimate of drug-likeness (QED) is 0.765. The summed E-state index contributed by atoms with van der Waals surface area (Å²) >= 11 is 0. The van der Waals surface area contributed by atoms with Crippen molar-refractivity contribution in [3.8, 4) is 5.88 Å². The van der Waals surface area contributed by atoms with Gasteiger partial charge in [0.05, 0.1) is 36.6 Å². The van der Waals surface area contributed by atoms with Crippen molar-refractivity contribution in [1.82, 2.24) is 19.7 Å². The minimum absolute atomic E-state index is 0.169. The maximum atomic E-state index is 11.8. The third kappa shape index (κ3) is 3.11. The van der Waals surface area contributed by atoms with Crippen LogP contribution in [-0.4, -0.2) is 32.3 Å². The van der Waals surface area contributed by atoms with Gasteiger partial charge in [-0.05, 0) is 13.8 Å². The molecule has 2 heterocycles. The number of nitrogens with zero attached hydrogens (tertiary/aromatic N) is 4. The highest BCUT2D eigenvalue weighted by Crippen LogP contribution is 2.13. The van der Waals surface area contributed by atoms with E-state index in [4.69, 9.17) is 9.47 Å². The first-order valence-electron chi connectivity index (χ1n) is 6.21. The third-order valence-corrected chi connectivity index (χ3v) is 2.67. The molecule has 0 amide bonds. The van der Waals surface area contributed by atoms with Gasteiger partial charge in [0.1, 0.15) is 12.2 Å². The minimum atomic E-state index is -0.408. The summed E-state index contributed by atoms with van der Waals surface area (Å²) in [6.45, 7) is 4.09. The Kier molecular flexibility index (Phi) is 4.29. The van der Waals surface area contributed by atoms with Crippen LogP contribution in [0.15, 0.2) is 18.6 Å². The summed E-state index contributed by atoms with van der Waals surface area (Å²) in [5, 5.41) is 4.05. The molecule has 7 nitrogen and oxygen atoms in total. The molecule has 0 aromatic carbocycles. The van der Waals surface area contributed by atoms with E-state index in [9.17, 15) is 4.79 Å². The molecule has 2 rings (SSSR count).